The van der Waals surface area contributed by atoms with E-state index in [1.807, 2.05) is 19.9 Å². The first-order valence-electron chi connectivity index (χ1n) is 3.38. The predicted octanol–water partition coefficient (Wildman–Crippen LogP) is 2.72. The molecule has 0 N–H and O–H groups in total. The van der Waals surface area contributed by atoms with E-state index in [1.54, 1.807) is 0 Å². The van der Waals surface area contributed by atoms with Crippen molar-refractivity contribution >= 4 is 11.6 Å². The van der Waals surface area contributed by atoms with Crippen LogP contribution in [0.1, 0.15) is 20.3 Å². The average molecular weight is 158 g/mol. The van der Waals surface area contributed by atoms with E-state index >= 15 is 0 Å². The Morgan fingerprint density at radius 1 is 1.70 bits per heavy atom. The van der Waals surface area contributed by atoms with Crippen LogP contribution in [0.25, 0.3) is 0 Å². The van der Waals surface area contributed by atoms with Gasteiger partial charge in [0.2, 0.25) is 0 Å². The fraction of sp³-hybridized carbons (Fsp3) is 0.625. The summed E-state index contributed by atoms with van der Waals surface area (Å²) in [5.74, 6) is 0.922. The van der Waals surface area contributed by atoms with Gasteiger partial charge in [-0.15, -0.1) is 11.6 Å². The fourth-order valence-electron chi connectivity index (χ4n) is 0.621. The zero-order valence-electron chi connectivity index (χ0n) is 6.39. The zero-order valence-corrected chi connectivity index (χ0v) is 7.15. The van der Waals surface area contributed by atoms with Gasteiger partial charge in [-0.25, -0.2) is 0 Å². The molecule has 0 aromatic carbocycles. The minimum Gasteiger partial charge on any atom is -0.193 e. The molecule has 0 radical (unpaired) electrons. The molecule has 0 aromatic rings. The Balaban J connectivity index is 3.95. The summed E-state index contributed by atoms with van der Waals surface area (Å²) >= 11 is 5.45. The summed E-state index contributed by atoms with van der Waals surface area (Å²) in [6, 6.07) is 2.14. The molecule has 0 amide bonds. The number of hydrogen-bond donors (Lipinski definition) is 0. The SMILES string of the molecule is CC(C)/C(C#N)=C\CCCl. The quantitative estimate of drug-likeness (QED) is 0.457. The van der Waals surface area contributed by atoms with Gasteiger partial charge in [-0.05, 0) is 12.3 Å². The third kappa shape index (κ3) is 3.53. The van der Waals surface area contributed by atoms with Crippen molar-refractivity contribution in [1.82, 2.24) is 0 Å². The van der Waals surface area contributed by atoms with Crippen LogP contribution in [0, 0.1) is 17.2 Å². The highest BCUT2D eigenvalue weighted by Crippen LogP contribution is 2.08. The first-order chi connectivity index (χ1) is 4.72. The summed E-state index contributed by atoms with van der Waals surface area (Å²) in [6.07, 6.45) is 2.69. The minimum atomic E-state index is 0.327. The van der Waals surface area contributed by atoms with Crippen LogP contribution in [-0.2, 0) is 0 Å². The molecule has 0 unspecified atom stereocenters. The molecule has 2 heteroatoms. The molecule has 0 aliphatic heterocycles. The van der Waals surface area contributed by atoms with Crippen molar-refractivity contribution in [3.63, 3.8) is 0 Å². The largest absolute Gasteiger partial charge is 0.193 e. The maximum atomic E-state index is 8.56. The van der Waals surface area contributed by atoms with Crippen molar-refractivity contribution in [3.8, 4) is 6.07 Å². The topological polar surface area (TPSA) is 23.8 Å². The first kappa shape index (κ1) is 9.52. The third-order valence-electron chi connectivity index (χ3n) is 1.22. The van der Waals surface area contributed by atoms with Crippen molar-refractivity contribution in [1.29, 1.82) is 5.26 Å². The van der Waals surface area contributed by atoms with Gasteiger partial charge in [0.1, 0.15) is 0 Å². The van der Waals surface area contributed by atoms with Crippen LogP contribution >= 0.6 is 11.6 Å². The first-order valence-corrected chi connectivity index (χ1v) is 3.92. The van der Waals surface area contributed by atoms with Crippen molar-refractivity contribution in [2.45, 2.75) is 20.3 Å². The smallest absolute Gasteiger partial charge is 0.0946 e. The Kier molecular flexibility index (Phi) is 5.06. The number of hydrogen-bond acceptors (Lipinski definition) is 1. The van der Waals surface area contributed by atoms with Crippen molar-refractivity contribution in [2.24, 2.45) is 5.92 Å². The average Bonchev–Trinajstić information content (AvgIpc) is 1.89. The molecule has 0 atom stereocenters. The second kappa shape index (κ2) is 5.32. The lowest BCUT2D eigenvalue weighted by Gasteiger charge is -1.99. The number of nitrogens with zero attached hydrogens (tertiary/aromatic N) is 1. The molecule has 0 heterocycles. The molecular weight excluding hydrogens is 146 g/mol. The van der Waals surface area contributed by atoms with Crippen molar-refractivity contribution in [3.05, 3.63) is 11.6 Å². The molecule has 0 bridgehead atoms. The van der Waals surface area contributed by atoms with E-state index in [1.165, 1.54) is 0 Å². The van der Waals surface area contributed by atoms with Gasteiger partial charge < -0.3 is 0 Å². The molecular formula is C8H12ClN. The predicted molar refractivity (Wildman–Crippen MR) is 43.9 cm³/mol. The van der Waals surface area contributed by atoms with Gasteiger partial charge in [0.25, 0.3) is 0 Å². The number of rotatable bonds is 3. The molecule has 56 valence electrons. The summed E-state index contributed by atoms with van der Waals surface area (Å²) in [5, 5.41) is 8.56. The summed E-state index contributed by atoms with van der Waals surface area (Å²) in [5.41, 5.74) is 0.834. The Morgan fingerprint density at radius 3 is 2.60 bits per heavy atom. The number of nitriles is 1. The monoisotopic (exact) mass is 157 g/mol. The fourth-order valence-corrected chi connectivity index (χ4v) is 0.730. The van der Waals surface area contributed by atoms with Crippen LogP contribution in [0.15, 0.2) is 11.6 Å². The van der Waals surface area contributed by atoms with Crippen LogP contribution in [-0.4, -0.2) is 5.88 Å². The molecule has 0 aliphatic carbocycles. The van der Waals surface area contributed by atoms with Gasteiger partial charge in [-0.3, -0.25) is 0 Å². The second-order valence-electron chi connectivity index (χ2n) is 2.40. The van der Waals surface area contributed by atoms with Crippen LogP contribution < -0.4 is 0 Å². The van der Waals surface area contributed by atoms with E-state index in [0.29, 0.717) is 11.8 Å². The molecule has 0 saturated heterocycles. The Hall–Kier alpha value is -0.480. The minimum absolute atomic E-state index is 0.327. The van der Waals surface area contributed by atoms with Gasteiger partial charge in [0.05, 0.1) is 6.07 Å². The lowest BCUT2D eigenvalue weighted by Crippen LogP contribution is -1.90. The van der Waals surface area contributed by atoms with Gasteiger partial charge in [0, 0.05) is 11.5 Å². The molecule has 1 nitrogen and oxygen atoms in total. The van der Waals surface area contributed by atoms with Crippen LogP contribution in [0.5, 0.6) is 0 Å². The van der Waals surface area contributed by atoms with E-state index in [9.17, 15) is 0 Å². The Bertz CT molecular complexity index is 153. The maximum Gasteiger partial charge on any atom is 0.0946 e. The molecule has 0 spiro atoms. The lowest BCUT2D eigenvalue weighted by atomic mass is 10.0. The number of allylic oxidation sites excluding steroid dienone is 2. The van der Waals surface area contributed by atoms with Gasteiger partial charge in [-0.2, -0.15) is 5.26 Å². The van der Waals surface area contributed by atoms with Gasteiger partial charge in [-0.1, -0.05) is 19.9 Å². The van der Waals surface area contributed by atoms with E-state index in [0.717, 1.165) is 12.0 Å². The molecule has 0 aliphatic rings. The van der Waals surface area contributed by atoms with E-state index in [-0.39, 0.29) is 0 Å². The van der Waals surface area contributed by atoms with Crippen molar-refractivity contribution in [2.75, 3.05) is 5.88 Å². The molecule has 0 saturated carbocycles. The summed E-state index contributed by atoms with van der Waals surface area (Å²) < 4.78 is 0. The normalized spacial score (nSPS) is 11.7. The maximum absolute atomic E-state index is 8.56. The Morgan fingerprint density at radius 2 is 2.30 bits per heavy atom. The van der Waals surface area contributed by atoms with E-state index in [4.69, 9.17) is 16.9 Å². The number of alkyl halides is 1. The van der Waals surface area contributed by atoms with E-state index in [2.05, 4.69) is 6.07 Å². The summed E-state index contributed by atoms with van der Waals surface area (Å²) in [6.45, 7) is 4.01. The molecule has 0 fully saturated rings. The van der Waals surface area contributed by atoms with Crippen molar-refractivity contribution < 1.29 is 0 Å². The highest BCUT2D eigenvalue weighted by molar-refractivity contribution is 6.17. The molecule has 0 rings (SSSR count). The number of halogens is 1. The third-order valence-corrected chi connectivity index (χ3v) is 1.44. The highest BCUT2D eigenvalue weighted by Gasteiger charge is 1.98. The highest BCUT2D eigenvalue weighted by atomic mass is 35.5. The standard InChI is InChI=1S/C8H12ClN/c1-7(2)8(6-10)4-3-5-9/h4,7H,3,5H2,1-2H3/b8-4-. The van der Waals surface area contributed by atoms with Crippen LogP contribution in [0.3, 0.4) is 0 Å². The molecule has 0 aromatic heterocycles. The van der Waals surface area contributed by atoms with Crippen LogP contribution in [0.2, 0.25) is 0 Å². The Labute approximate surface area is 67.3 Å². The van der Waals surface area contributed by atoms with Crippen LogP contribution in [0.4, 0.5) is 0 Å². The molecule has 10 heavy (non-hydrogen) atoms. The zero-order chi connectivity index (χ0) is 7.98. The lowest BCUT2D eigenvalue weighted by molar-refractivity contribution is 0.789. The van der Waals surface area contributed by atoms with E-state index < -0.39 is 0 Å². The van der Waals surface area contributed by atoms with Gasteiger partial charge in [0.15, 0.2) is 0 Å². The van der Waals surface area contributed by atoms with Gasteiger partial charge >= 0.3 is 0 Å². The summed E-state index contributed by atoms with van der Waals surface area (Å²) in [7, 11) is 0. The second-order valence-corrected chi connectivity index (χ2v) is 2.78. The summed E-state index contributed by atoms with van der Waals surface area (Å²) in [4.78, 5) is 0.